The average Bonchev–Trinajstić information content (AvgIpc) is 3.07. The van der Waals surface area contributed by atoms with E-state index in [2.05, 4.69) is 5.32 Å². The standard InChI is InChI=1S/C13H17FN2O3S/c1-16(2)20(18,19)8-13(17)15-12-7-11(12)9-4-3-5-10(14)6-9/h3-6,11-12H,7-8H2,1-2H3,(H,15,17)/t11-,12-/m1/s1. The Morgan fingerprint density at radius 3 is 2.75 bits per heavy atom. The van der Waals surface area contributed by atoms with Gasteiger partial charge >= 0.3 is 0 Å². The van der Waals surface area contributed by atoms with Crippen molar-refractivity contribution >= 4 is 15.9 Å². The number of halogens is 1. The van der Waals surface area contributed by atoms with E-state index in [4.69, 9.17) is 0 Å². The second kappa shape index (κ2) is 5.49. The predicted octanol–water partition coefficient (Wildman–Crippen LogP) is 0.689. The maximum Gasteiger partial charge on any atom is 0.236 e. The summed E-state index contributed by atoms with van der Waals surface area (Å²) >= 11 is 0. The van der Waals surface area contributed by atoms with Gasteiger partial charge in [0.2, 0.25) is 15.9 Å². The lowest BCUT2D eigenvalue weighted by molar-refractivity contribution is -0.118. The molecule has 1 N–H and O–H groups in total. The number of carbonyl (C=O) groups excluding carboxylic acids is 1. The van der Waals surface area contributed by atoms with E-state index in [9.17, 15) is 17.6 Å². The summed E-state index contributed by atoms with van der Waals surface area (Å²) in [5.41, 5.74) is 0.825. The quantitative estimate of drug-likeness (QED) is 0.870. The number of hydrogen-bond donors (Lipinski definition) is 1. The molecule has 1 aliphatic rings. The van der Waals surface area contributed by atoms with Crippen molar-refractivity contribution in [2.75, 3.05) is 19.8 Å². The third-order valence-electron chi connectivity index (χ3n) is 3.28. The number of hydrogen-bond acceptors (Lipinski definition) is 3. The Morgan fingerprint density at radius 1 is 1.45 bits per heavy atom. The van der Waals surface area contributed by atoms with Crippen LogP contribution in [0.15, 0.2) is 24.3 Å². The summed E-state index contributed by atoms with van der Waals surface area (Å²) in [5, 5.41) is 2.67. The molecular formula is C13H17FN2O3S. The van der Waals surface area contributed by atoms with Crippen molar-refractivity contribution in [3.8, 4) is 0 Å². The lowest BCUT2D eigenvalue weighted by Gasteiger charge is -2.11. The number of nitrogens with one attached hydrogen (secondary N) is 1. The van der Waals surface area contributed by atoms with Gasteiger partial charge in [-0.15, -0.1) is 0 Å². The van der Waals surface area contributed by atoms with Gasteiger partial charge in [-0.05, 0) is 24.1 Å². The summed E-state index contributed by atoms with van der Waals surface area (Å²) in [7, 11) is -0.774. The first kappa shape index (κ1) is 14.9. The summed E-state index contributed by atoms with van der Waals surface area (Å²) in [6.07, 6.45) is 0.706. The lowest BCUT2D eigenvalue weighted by atomic mass is 10.1. The average molecular weight is 300 g/mol. The molecule has 1 fully saturated rings. The third kappa shape index (κ3) is 3.55. The van der Waals surface area contributed by atoms with Crippen LogP contribution in [0, 0.1) is 5.82 Å². The molecular weight excluding hydrogens is 283 g/mol. The van der Waals surface area contributed by atoms with Crippen LogP contribution < -0.4 is 5.32 Å². The van der Waals surface area contributed by atoms with E-state index in [1.54, 1.807) is 12.1 Å². The zero-order valence-electron chi connectivity index (χ0n) is 11.3. The van der Waals surface area contributed by atoms with Gasteiger partial charge in [-0.1, -0.05) is 12.1 Å². The molecule has 2 rings (SSSR count). The number of benzene rings is 1. The fourth-order valence-electron chi connectivity index (χ4n) is 2.00. The largest absolute Gasteiger partial charge is 0.352 e. The highest BCUT2D eigenvalue weighted by Crippen LogP contribution is 2.40. The summed E-state index contributed by atoms with van der Waals surface area (Å²) in [6.45, 7) is 0. The first-order valence-corrected chi connectivity index (χ1v) is 7.85. The van der Waals surface area contributed by atoms with Gasteiger partial charge in [0.05, 0.1) is 0 Å². The molecule has 0 bridgehead atoms. The third-order valence-corrected chi connectivity index (χ3v) is 5.02. The van der Waals surface area contributed by atoms with Crippen LogP contribution in [0.5, 0.6) is 0 Å². The molecule has 1 amide bonds. The molecule has 0 spiro atoms. The first-order chi connectivity index (χ1) is 9.29. The van der Waals surface area contributed by atoms with Gasteiger partial charge in [0.25, 0.3) is 0 Å². The summed E-state index contributed by atoms with van der Waals surface area (Å²) in [5.74, 6) is -1.33. The van der Waals surface area contributed by atoms with Crippen molar-refractivity contribution in [3.05, 3.63) is 35.6 Å². The Bertz CT molecular complexity index is 616. The number of nitrogens with zero attached hydrogens (tertiary/aromatic N) is 1. The molecule has 0 heterocycles. The molecule has 1 aromatic rings. The number of sulfonamides is 1. The summed E-state index contributed by atoms with van der Waals surface area (Å²) < 4.78 is 37.2. The normalized spacial score (nSPS) is 21.8. The maximum atomic E-state index is 13.1. The highest BCUT2D eigenvalue weighted by Gasteiger charge is 2.40. The minimum Gasteiger partial charge on any atom is -0.352 e. The minimum absolute atomic E-state index is 0.0664. The predicted molar refractivity (Wildman–Crippen MR) is 73.2 cm³/mol. The molecule has 0 radical (unpaired) electrons. The van der Waals surface area contributed by atoms with Gasteiger partial charge in [-0.3, -0.25) is 4.79 Å². The molecule has 0 unspecified atom stereocenters. The molecule has 7 heteroatoms. The molecule has 110 valence electrons. The fraction of sp³-hybridized carbons (Fsp3) is 0.462. The Hall–Kier alpha value is -1.47. The van der Waals surface area contributed by atoms with Crippen molar-refractivity contribution in [1.82, 2.24) is 9.62 Å². The van der Waals surface area contributed by atoms with Crippen LogP contribution in [0.3, 0.4) is 0 Å². The van der Waals surface area contributed by atoms with Crippen molar-refractivity contribution in [3.63, 3.8) is 0 Å². The fourth-order valence-corrected chi connectivity index (χ4v) is 2.68. The van der Waals surface area contributed by atoms with E-state index in [1.807, 2.05) is 0 Å². The number of rotatable bonds is 5. The van der Waals surface area contributed by atoms with Crippen LogP contribution in [0.2, 0.25) is 0 Å². The van der Waals surface area contributed by atoms with E-state index < -0.39 is 21.7 Å². The van der Waals surface area contributed by atoms with Gasteiger partial charge in [0.15, 0.2) is 0 Å². The molecule has 1 aliphatic carbocycles. The molecule has 1 saturated carbocycles. The summed E-state index contributed by atoms with van der Waals surface area (Å²) in [6, 6.07) is 6.12. The maximum absolute atomic E-state index is 13.1. The Morgan fingerprint density at radius 2 is 2.15 bits per heavy atom. The van der Waals surface area contributed by atoms with Crippen molar-refractivity contribution in [2.45, 2.75) is 18.4 Å². The molecule has 5 nitrogen and oxygen atoms in total. The van der Waals surface area contributed by atoms with Crippen LogP contribution in [-0.4, -0.2) is 44.5 Å². The van der Waals surface area contributed by atoms with Crippen LogP contribution in [0.4, 0.5) is 4.39 Å². The van der Waals surface area contributed by atoms with Crippen LogP contribution in [0.25, 0.3) is 0 Å². The van der Waals surface area contributed by atoms with E-state index in [1.165, 1.54) is 26.2 Å². The van der Waals surface area contributed by atoms with Crippen LogP contribution in [0.1, 0.15) is 17.9 Å². The SMILES string of the molecule is CN(C)S(=O)(=O)CC(=O)N[C@@H]1C[C@@H]1c1cccc(F)c1. The minimum atomic E-state index is -3.54. The van der Waals surface area contributed by atoms with Gasteiger partial charge in [-0.25, -0.2) is 17.1 Å². The Kier molecular flexibility index (Phi) is 4.10. The molecule has 0 aromatic heterocycles. The second-order valence-electron chi connectivity index (χ2n) is 5.11. The van der Waals surface area contributed by atoms with E-state index >= 15 is 0 Å². The van der Waals surface area contributed by atoms with Crippen LogP contribution in [-0.2, 0) is 14.8 Å². The summed E-state index contributed by atoms with van der Waals surface area (Å²) in [4.78, 5) is 11.7. The first-order valence-electron chi connectivity index (χ1n) is 6.24. The molecule has 0 saturated heterocycles. The molecule has 2 atom stereocenters. The molecule has 1 aromatic carbocycles. The van der Waals surface area contributed by atoms with Crippen molar-refractivity contribution in [1.29, 1.82) is 0 Å². The highest BCUT2D eigenvalue weighted by molar-refractivity contribution is 7.89. The molecule has 0 aliphatic heterocycles. The Balaban J connectivity index is 1.90. The lowest BCUT2D eigenvalue weighted by Crippen LogP contribution is -2.37. The molecule has 20 heavy (non-hydrogen) atoms. The van der Waals surface area contributed by atoms with Gasteiger partial charge < -0.3 is 5.32 Å². The number of amides is 1. The van der Waals surface area contributed by atoms with Gasteiger partial charge in [-0.2, -0.15) is 0 Å². The van der Waals surface area contributed by atoms with E-state index in [-0.39, 0.29) is 17.8 Å². The topological polar surface area (TPSA) is 66.5 Å². The smallest absolute Gasteiger partial charge is 0.236 e. The highest BCUT2D eigenvalue weighted by atomic mass is 32.2. The number of carbonyl (C=O) groups is 1. The van der Waals surface area contributed by atoms with Crippen LogP contribution >= 0.6 is 0 Å². The van der Waals surface area contributed by atoms with Gasteiger partial charge in [0.1, 0.15) is 11.6 Å². The van der Waals surface area contributed by atoms with Gasteiger partial charge in [0, 0.05) is 26.1 Å². The monoisotopic (exact) mass is 300 g/mol. The second-order valence-corrected chi connectivity index (χ2v) is 7.29. The Labute approximate surface area is 117 Å². The zero-order valence-corrected chi connectivity index (χ0v) is 12.2. The van der Waals surface area contributed by atoms with E-state index in [0.717, 1.165) is 9.87 Å². The van der Waals surface area contributed by atoms with E-state index in [0.29, 0.717) is 6.42 Å². The van der Waals surface area contributed by atoms with Crippen molar-refractivity contribution < 1.29 is 17.6 Å². The zero-order chi connectivity index (χ0) is 14.9. The van der Waals surface area contributed by atoms with Crippen molar-refractivity contribution in [2.24, 2.45) is 0 Å².